The Labute approximate surface area is 108 Å². The molecule has 2 rings (SSSR count). The maximum Gasteiger partial charge on any atom is 0.272 e. The Morgan fingerprint density at radius 2 is 2.39 bits per heavy atom. The number of hydrogen-bond acceptors (Lipinski definition) is 3. The minimum Gasteiger partial charge on any atom is -0.394 e. The summed E-state index contributed by atoms with van der Waals surface area (Å²) < 4.78 is 0. The summed E-state index contributed by atoms with van der Waals surface area (Å²) in [5.74, 6) is -0.0596. The fraction of sp³-hybridized carbons (Fsp3) is 0.571. The number of rotatable bonds is 4. The van der Waals surface area contributed by atoms with Gasteiger partial charge in [0.2, 0.25) is 0 Å². The van der Waals surface area contributed by atoms with Gasteiger partial charge in [0.05, 0.1) is 12.1 Å². The minimum absolute atomic E-state index is 0.0411. The normalized spacial score (nSPS) is 23.3. The summed E-state index contributed by atoms with van der Waals surface area (Å²) in [6, 6.07) is 5.34. The van der Waals surface area contributed by atoms with Gasteiger partial charge in [0.1, 0.15) is 5.69 Å². The first-order valence-corrected chi connectivity index (χ1v) is 6.57. The average Bonchev–Trinajstić information content (AvgIpc) is 2.83. The Bertz CT molecular complexity index is 408. The largest absolute Gasteiger partial charge is 0.394 e. The van der Waals surface area contributed by atoms with Gasteiger partial charge >= 0.3 is 0 Å². The maximum atomic E-state index is 12.4. The Morgan fingerprint density at radius 3 is 3.00 bits per heavy atom. The number of aliphatic hydroxyl groups is 1. The highest BCUT2D eigenvalue weighted by molar-refractivity contribution is 5.93. The molecule has 1 fully saturated rings. The zero-order chi connectivity index (χ0) is 13.0. The van der Waals surface area contributed by atoms with Crippen molar-refractivity contribution < 1.29 is 9.90 Å². The zero-order valence-electron chi connectivity index (χ0n) is 10.8. The summed E-state index contributed by atoms with van der Waals surface area (Å²) in [7, 11) is 0. The molecule has 0 unspecified atom stereocenters. The van der Waals surface area contributed by atoms with Gasteiger partial charge in [-0.15, -0.1) is 0 Å². The van der Waals surface area contributed by atoms with Crippen molar-refractivity contribution in [2.24, 2.45) is 0 Å². The molecule has 1 aliphatic rings. The number of aromatic nitrogens is 1. The summed E-state index contributed by atoms with van der Waals surface area (Å²) >= 11 is 0. The summed E-state index contributed by atoms with van der Waals surface area (Å²) in [5.41, 5.74) is 0.0944. The molecule has 1 amide bonds. The fourth-order valence-corrected chi connectivity index (χ4v) is 2.85. The van der Waals surface area contributed by atoms with Crippen LogP contribution >= 0.6 is 0 Å². The van der Waals surface area contributed by atoms with Crippen molar-refractivity contribution in [2.75, 3.05) is 13.2 Å². The van der Waals surface area contributed by atoms with Gasteiger partial charge in [-0.05, 0) is 31.4 Å². The van der Waals surface area contributed by atoms with Crippen LogP contribution in [0.1, 0.15) is 43.1 Å². The number of nitrogens with zero attached hydrogens (tertiary/aromatic N) is 2. The summed E-state index contributed by atoms with van der Waals surface area (Å²) in [5, 5.41) is 9.70. The zero-order valence-corrected chi connectivity index (χ0v) is 10.8. The van der Waals surface area contributed by atoms with Crippen molar-refractivity contribution in [2.45, 2.75) is 38.1 Å². The van der Waals surface area contributed by atoms with E-state index in [-0.39, 0.29) is 18.1 Å². The first kappa shape index (κ1) is 13.0. The molecule has 0 bridgehead atoms. The molecule has 4 heteroatoms. The van der Waals surface area contributed by atoms with Gasteiger partial charge in [-0.3, -0.25) is 9.78 Å². The quantitative estimate of drug-likeness (QED) is 0.884. The number of aliphatic hydroxyl groups excluding tert-OH is 1. The highest BCUT2D eigenvalue weighted by Gasteiger charge is 2.42. The van der Waals surface area contributed by atoms with E-state index in [9.17, 15) is 9.90 Å². The van der Waals surface area contributed by atoms with Gasteiger partial charge in [-0.25, -0.2) is 0 Å². The molecule has 1 aromatic rings. The highest BCUT2D eigenvalue weighted by atomic mass is 16.3. The van der Waals surface area contributed by atoms with Gasteiger partial charge in [-0.2, -0.15) is 0 Å². The molecule has 1 N–H and O–H groups in total. The van der Waals surface area contributed by atoms with Gasteiger partial charge in [0.25, 0.3) is 5.91 Å². The smallest absolute Gasteiger partial charge is 0.272 e. The van der Waals surface area contributed by atoms with Crippen LogP contribution in [0.5, 0.6) is 0 Å². The molecule has 0 aromatic carbocycles. The number of likely N-dealkylation sites (tertiary alicyclic amines) is 1. The van der Waals surface area contributed by atoms with Crippen molar-refractivity contribution in [3.8, 4) is 0 Å². The molecule has 0 radical (unpaired) electrons. The van der Waals surface area contributed by atoms with E-state index in [0.29, 0.717) is 5.69 Å². The van der Waals surface area contributed by atoms with E-state index in [4.69, 9.17) is 0 Å². The van der Waals surface area contributed by atoms with Crippen molar-refractivity contribution in [1.82, 2.24) is 9.88 Å². The molecule has 0 spiro atoms. The number of carbonyl (C=O) groups excluding carboxylic acids is 1. The number of pyridine rings is 1. The van der Waals surface area contributed by atoms with E-state index in [1.165, 1.54) is 0 Å². The van der Waals surface area contributed by atoms with Crippen LogP contribution in [-0.2, 0) is 0 Å². The molecule has 1 saturated heterocycles. The van der Waals surface area contributed by atoms with Crippen LogP contribution in [0.4, 0.5) is 0 Å². The van der Waals surface area contributed by atoms with E-state index in [1.807, 2.05) is 11.0 Å². The summed E-state index contributed by atoms with van der Waals surface area (Å²) in [4.78, 5) is 18.4. The van der Waals surface area contributed by atoms with Crippen molar-refractivity contribution in [1.29, 1.82) is 0 Å². The Morgan fingerprint density at radius 1 is 1.56 bits per heavy atom. The molecular weight excluding hydrogens is 228 g/mol. The molecule has 0 saturated carbocycles. The van der Waals surface area contributed by atoms with Gasteiger partial charge in [-0.1, -0.05) is 19.4 Å². The number of amides is 1. The van der Waals surface area contributed by atoms with E-state index in [2.05, 4.69) is 11.9 Å². The third-order valence-corrected chi connectivity index (χ3v) is 3.74. The highest BCUT2D eigenvalue weighted by Crippen LogP contribution is 2.34. The van der Waals surface area contributed by atoms with Crippen LogP contribution < -0.4 is 0 Å². The standard InChI is InChI=1S/C14H20N2O2/c1-2-7-14(11-17)8-5-10-16(14)13(18)12-6-3-4-9-15-12/h3-4,6,9,17H,2,5,7-8,10-11H2,1H3/t14-/m0/s1. The van der Waals surface area contributed by atoms with Crippen LogP contribution in [0.15, 0.2) is 24.4 Å². The minimum atomic E-state index is -0.372. The molecular formula is C14H20N2O2. The van der Waals surface area contributed by atoms with Crippen molar-refractivity contribution in [3.63, 3.8) is 0 Å². The SMILES string of the molecule is CCC[C@@]1(CO)CCCN1C(=O)c1ccccn1. The van der Waals surface area contributed by atoms with E-state index < -0.39 is 0 Å². The Kier molecular flexibility index (Phi) is 3.97. The summed E-state index contributed by atoms with van der Waals surface area (Å²) in [6.45, 7) is 2.84. The average molecular weight is 248 g/mol. The van der Waals surface area contributed by atoms with Crippen LogP contribution in [0.3, 0.4) is 0 Å². The lowest BCUT2D eigenvalue weighted by Gasteiger charge is -2.36. The molecule has 1 atom stereocenters. The molecule has 1 aliphatic heterocycles. The lowest BCUT2D eigenvalue weighted by atomic mass is 9.91. The van der Waals surface area contributed by atoms with E-state index in [1.54, 1.807) is 18.3 Å². The van der Waals surface area contributed by atoms with E-state index >= 15 is 0 Å². The third-order valence-electron chi connectivity index (χ3n) is 3.74. The molecule has 1 aromatic heterocycles. The number of carbonyl (C=O) groups is 1. The second kappa shape index (κ2) is 5.48. The second-order valence-electron chi connectivity index (χ2n) is 4.91. The molecule has 98 valence electrons. The van der Waals surface area contributed by atoms with Crippen LogP contribution in [-0.4, -0.2) is 39.6 Å². The molecule has 0 aliphatic carbocycles. The monoisotopic (exact) mass is 248 g/mol. The van der Waals surface area contributed by atoms with Crippen molar-refractivity contribution >= 4 is 5.91 Å². The first-order chi connectivity index (χ1) is 8.73. The molecule has 18 heavy (non-hydrogen) atoms. The molecule has 2 heterocycles. The lowest BCUT2D eigenvalue weighted by Crippen LogP contribution is -2.50. The summed E-state index contributed by atoms with van der Waals surface area (Å²) in [6.07, 6.45) is 5.29. The predicted octanol–water partition coefficient (Wildman–Crippen LogP) is 1.85. The Hall–Kier alpha value is -1.42. The first-order valence-electron chi connectivity index (χ1n) is 6.57. The van der Waals surface area contributed by atoms with Gasteiger partial charge in [0.15, 0.2) is 0 Å². The van der Waals surface area contributed by atoms with Crippen LogP contribution in [0.25, 0.3) is 0 Å². The van der Waals surface area contributed by atoms with Gasteiger partial charge < -0.3 is 10.0 Å². The van der Waals surface area contributed by atoms with Crippen molar-refractivity contribution in [3.05, 3.63) is 30.1 Å². The topological polar surface area (TPSA) is 53.4 Å². The lowest BCUT2D eigenvalue weighted by molar-refractivity contribution is 0.0372. The van der Waals surface area contributed by atoms with Gasteiger partial charge in [0, 0.05) is 12.7 Å². The van der Waals surface area contributed by atoms with E-state index in [0.717, 1.165) is 32.2 Å². The third kappa shape index (κ3) is 2.25. The maximum absolute atomic E-state index is 12.4. The fourth-order valence-electron chi connectivity index (χ4n) is 2.85. The second-order valence-corrected chi connectivity index (χ2v) is 4.91. The van der Waals surface area contributed by atoms with Crippen LogP contribution in [0, 0.1) is 0 Å². The molecule has 4 nitrogen and oxygen atoms in total. The Balaban J connectivity index is 2.24. The predicted molar refractivity (Wildman–Crippen MR) is 69.2 cm³/mol. The van der Waals surface area contributed by atoms with Crippen LogP contribution in [0.2, 0.25) is 0 Å². The number of hydrogen-bond donors (Lipinski definition) is 1.